The van der Waals surface area contributed by atoms with E-state index in [9.17, 15) is 0 Å². The van der Waals surface area contributed by atoms with Crippen molar-refractivity contribution in [2.75, 3.05) is 31.6 Å². The van der Waals surface area contributed by atoms with Crippen LogP contribution in [0.25, 0.3) is 0 Å². The molecular weight excluding hydrogens is 483 g/mol. The molecule has 0 saturated carbocycles. The lowest BCUT2D eigenvalue weighted by Gasteiger charge is -2.31. The van der Waals surface area contributed by atoms with Crippen LogP contribution in [0.1, 0.15) is 36.0 Å². The minimum absolute atomic E-state index is 0. The van der Waals surface area contributed by atoms with Crippen LogP contribution < -0.4 is 15.5 Å². The molecule has 1 aliphatic heterocycles. The van der Waals surface area contributed by atoms with Crippen molar-refractivity contribution in [2.24, 2.45) is 10.9 Å². The fourth-order valence-electron chi connectivity index (χ4n) is 3.18. The van der Waals surface area contributed by atoms with Crippen molar-refractivity contribution >= 4 is 47.1 Å². The van der Waals surface area contributed by atoms with Gasteiger partial charge >= 0.3 is 0 Å². The second-order valence-electron chi connectivity index (χ2n) is 7.15. The molecule has 0 aliphatic carbocycles. The average Bonchev–Trinajstić information content (AvgIpc) is 3.11. The zero-order valence-corrected chi connectivity index (χ0v) is 20.1. The number of halogens is 1. The number of nitrogens with zero attached hydrogens (tertiary/aromatic N) is 4. The van der Waals surface area contributed by atoms with Crippen LogP contribution in [0.5, 0.6) is 0 Å². The summed E-state index contributed by atoms with van der Waals surface area (Å²) < 4.78 is 0. The number of aryl methyl sites for hydroxylation is 1. The van der Waals surface area contributed by atoms with E-state index < -0.39 is 0 Å². The van der Waals surface area contributed by atoms with E-state index in [1.54, 1.807) is 18.4 Å². The first-order chi connectivity index (χ1) is 13.1. The number of piperidine rings is 1. The van der Waals surface area contributed by atoms with Crippen LogP contribution in [0.2, 0.25) is 0 Å². The smallest absolute Gasteiger partial charge is 0.191 e. The van der Waals surface area contributed by atoms with Gasteiger partial charge < -0.3 is 15.5 Å². The number of aromatic nitrogens is 2. The standard InChI is InChI=1S/C20H30N6S.HI/c1-15-7-10-26(11-8-15)19-5-4-17(12-23-19)13-24-20(21-3)22-9-6-18-14-27-16(2)25-18;/h4-5,12,14-15H,6-11,13H2,1-3H3,(H2,21,22,24);1H. The highest BCUT2D eigenvalue weighted by Crippen LogP contribution is 2.21. The Morgan fingerprint density at radius 1 is 1.29 bits per heavy atom. The van der Waals surface area contributed by atoms with Gasteiger partial charge in [-0.15, -0.1) is 35.3 Å². The lowest BCUT2D eigenvalue weighted by atomic mass is 9.99. The summed E-state index contributed by atoms with van der Waals surface area (Å²) >= 11 is 1.69. The van der Waals surface area contributed by atoms with Crippen molar-refractivity contribution in [3.05, 3.63) is 40.0 Å². The minimum atomic E-state index is 0. The molecule has 3 rings (SSSR count). The monoisotopic (exact) mass is 514 g/mol. The van der Waals surface area contributed by atoms with E-state index in [4.69, 9.17) is 0 Å². The summed E-state index contributed by atoms with van der Waals surface area (Å²) in [5.74, 6) is 2.73. The maximum atomic E-state index is 4.65. The third kappa shape index (κ3) is 6.88. The Labute approximate surface area is 189 Å². The van der Waals surface area contributed by atoms with Gasteiger partial charge in [-0.25, -0.2) is 9.97 Å². The van der Waals surface area contributed by atoms with Gasteiger partial charge in [0.1, 0.15) is 5.82 Å². The first kappa shape index (κ1) is 22.9. The zero-order chi connectivity index (χ0) is 19.1. The fraction of sp³-hybridized carbons (Fsp3) is 0.550. The Balaban J connectivity index is 0.00000280. The highest BCUT2D eigenvalue weighted by atomic mass is 127. The molecule has 28 heavy (non-hydrogen) atoms. The van der Waals surface area contributed by atoms with Gasteiger partial charge in [-0.3, -0.25) is 4.99 Å². The van der Waals surface area contributed by atoms with Crippen molar-refractivity contribution in [3.8, 4) is 0 Å². The molecule has 0 bridgehead atoms. The van der Waals surface area contributed by atoms with Crippen LogP contribution in [0.3, 0.4) is 0 Å². The molecule has 0 amide bonds. The molecular formula is C20H31IN6S. The van der Waals surface area contributed by atoms with Gasteiger partial charge in [-0.1, -0.05) is 13.0 Å². The van der Waals surface area contributed by atoms with Crippen molar-refractivity contribution in [3.63, 3.8) is 0 Å². The molecule has 3 heterocycles. The van der Waals surface area contributed by atoms with Gasteiger partial charge in [0.2, 0.25) is 0 Å². The van der Waals surface area contributed by atoms with Gasteiger partial charge in [-0.05, 0) is 37.3 Å². The van der Waals surface area contributed by atoms with Gasteiger partial charge in [0.25, 0.3) is 0 Å². The molecule has 0 radical (unpaired) electrons. The highest BCUT2D eigenvalue weighted by Gasteiger charge is 2.16. The molecule has 0 aromatic carbocycles. The van der Waals surface area contributed by atoms with Gasteiger partial charge in [-0.2, -0.15) is 0 Å². The van der Waals surface area contributed by atoms with Crippen LogP contribution in [0.4, 0.5) is 5.82 Å². The topological polar surface area (TPSA) is 65.4 Å². The van der Waals surface area contributed by atoms with Crippen LogP contribution in [0.15, 0.2) is 28.7 Å². The van der Waals surface area contributed by atoms with Crippen molar-refractivity contribution in [1.82, 2.24) is 20.6 Å². The number of rotatable bonds is 6. The third-order valence-corrected chi connectivity index (χ3v) is 5.76. The summed E-state index contributed by atoms with van der Waals surface area (Å²) in [4.78, 5) is 15.8. The summed E-state index contributed by atoms with van der Waals surface area (Å²) in [5.41, 5.74) is 2.29. The molecule has 1 aliphatic rings. The van der Waals surface area contributed by atoms with Crippen LogP contribution >= 0.6 is 35.3 Å². The number of guanidine groups is 1. The van der Waals surface area contributed by atoms with E-state index in [0.29, 0.717) is 6.54 Å². The maximum Gasteiger partial charge on any atom is 0.191 e. The average molecular weight is 514 g/mol. The molecule has 2 aromatic rings. The van der Waals surface area contributed by atoms with E-state index in [2.05, 4.69) is 54.9 Å². The normalized spacial score (nSPS) is 15.2. The summed E-state index contributed by atoms with van der Waals surface area (Å²) in [5, 5.41) is 9.92. The molecule has 0 spiro atoms. The SMILES string of the molecule is CN=C(NCCc1csc(C)n1)NCc1ccc(N2CCC(C)CC2)nc1.I. The number of nitrogens with one attached hydrogen (secondary N) is 2. The molecule has 1 fully saturated rings. The minimum Gasteiger partial charge on any atom is -0.357 e. The predicted octanol–water partition coefficient (Wildman–Crippen LogP) is 3.61. The van der Waals surface area contributed by atoms with E-state index in [1.807, 2.05) is 13.1 Å². The van der Waals surface area contributed by atoms with Crippen LogP contribution in [-0.2, 0) is 13.0 Å². The zero-order valence-electron chi connectivity index (χ0n) is 16.9. The molecule has 6 nitrogen and oxygen atoms in total. The van der Waals surface area contributed by atoms with E-state index in [0.717, 1.165) is 60.0 Å². The first-order valence-electron chi connectivity index (χ1n) is 9.69. The third-order valence-electron chi connectivity index (χ3n) is 4.94. The quantitative estimate of drug-likeness (QED) is 0.351. The van der Waals surface area contributed by atoms with Gasteiger partial charge in [0.15, 0.2) is 5.96 Å². The second kappa shape index (κ2) is 11.5. The molecule has 8 heteroatoms. The number of aliphatic imine (C=N–C) groups is 1. The van der Waals surface area contributed by atoms with Crippen molar-refractivity contribution in [1.29, 1.82) is 0 Å². The summed E-state index contributed by atoms with van der Waals surface area (Å²) in [7, 11) is 1.79. The van der Waals surface area contributed by atoms with E-state index in [-0.39, 0.29) is 24.0 Å². The number of hydrogen-bond acceptors (Lipinski definition) is 5. The molecule has 0 atom stereocenters. The fourth-order valence-corrected chi connectivity index (χ4v) is 3.83. The molecule has 1 saturated heterocycles. The molecule has 2 aromatic heterocycles. The Kier molecular flexibility index (Phi) is 9.43. The van der Waals surface area contributed by atoms with Gasteiger partial charge in [0.05, 0.1) is 10.7 Å². The van der Waals surface area contributed by atoms with E-state index in [1.165, 1.54) is 12.8 Å². The first-order valence-corrected chi connectivity index (χ1v) is 10.6. The molecule has 2 N–H and O–H groups in total. The lowest BCUT2D eigenvalue weighted by molar-refractivity contribution is 0.436. The number of pyridine rings is 1. The summed E-state index contributed by atoms with van der Waals surface area (Å²) in [6.45, 7) is 8.11. The van der Waals surface area contributed by atoms with Crippen LogP contribution in [0, 0.1) is 12.8 Å². The van der Waals surface area contributed by atoms with Crippen molar-refractivity contribution < 1.29 is 0 Å². The van der Waals surface area contributed by atoms with E-state index >= 15 is 0 Å². The molecule has 0 unspecified atom stereocenters. The Morgan fingerprint density at radius 2 is 2.07 bits per heavy atom. The molecule has 154 valence electrons. The van der Waals surface area contributed by atoms with Crippen molar-refractivity contribution in [2.45, 2.75) is 39.7 Å². The van der Waals surface area contributed by atoms with Crippen LogP contribution in [-0.4, -0.2) is 42.6 Å². The lowest BCUT2D eigenvalue weighted by Crippen LogP contribution is -2.38. The summed E-state index contributed by atoms with van der Waals surface area (Å²) in [6, 6.07) is 4.28. The number of hydrogen-bond donors (Lipinski definition) is 2. The Hall–Kier alpha value is -1.42. The Bertz CT molecular complexity index is 737. The number of anilines is 1. The summed E-state index contributed by atoms with van der Waals surface area (Å²) in [6.07, 6.45) is 5.38. The second-order valence-corrected chi connectivity index (χ2v) is 8.22. The Morgan fingerprint density at radius 3 is 2.68 bits per heavy atom. The maximum absolute atomic E-state index is 4.65. The van der Waals surface area contributed by atoms with Gasteiger partial charge in [0, 0.05) is 51.2 Å². The number of thiazole rings is 1. The largest absolute Gasteiger partial charge is 0.357 e. The highest BCUT2D eigenvalue weighted by molar-refractivity contribution is 14.0. The predicted molar refractivity (Wildman–Crippen MR) is 129 cm³/mol.